The molecule has 106 valence electrons. The van der Waals surface area contributed by atoms with Crippen LogP contribution in [0, 0.1) is 6.92 Å². The molecule has 0 amide bonds. The first-order valence-corrected chi connectivity index (χ1v) is 7.72. The summed E-state index contributed by atoms with van der Waals surface area (Å²) in [6, 6.07) is 11.4. The van der Waals surface area contributed by atoms with Gasteiger partial charge in [-0.05, 0) is 30.7 Å². The van der Waals surface area contributed by atoms with Crippen LogP contribution in [0.3, 0.4) is 0 Å². The number of nitrogens with zero attached hydrogens (tertiary/aromatic N) is 3. The van der Waals surface area contributed by atoms with Crippen LogP contribution in [0.2, 0.25) is 0 Å². The second-order valence-electron chi connectivity index (χ2n) is 4.59. The molecular formula is C15H13N3O2S. The van der Waals surface area contributed by atoms with Crippen molar-refractivity contribution in [3.8, 4) is 11.5 Å². The van der Waals surface area contributed by atoms with E-state index in [-0.39, 0.29) is 5.22 Å². The van der Waals surface area contributed by atoms with E-state index in [1.807, 2.05) is 37.3 Å². The Morgan fingerprint density at radius 3 is 2.67 bits per heavy atom. The van der Waals surface area contributed by atoms with E-state index in [4.69, 9.17) is 4.42 Å². The van der Waals surface area contributed by atoms with Crippen LogP contribution in [0.1, 0.15) is 11.1 Å². The highest BCUT2D eigenvalue weighted by Crippen LogP contribution is 2.20. The van der Waals surface area contributed by atoms with E-state index in [2.05, 4.69) is 15.2 Å². The molecule has 5 nitrogen and oxygen atoms in total. The van der Waals surface area contributed by atoms with E-state index in [9.17, 15) is 4.21 Å². The highest BCUT2D eigenvalue weighted by atomic mass is 32.2. The highest BCUT2D eigenvalue weighted by Gasteiger charge is 2.15. The molecule has 0 N–H and O–H groups in total. The van der Waals surface area contributed by atoms with Crippen LogP contribution in [0.5, 0.6) is 0 Å². The first-order valence-electron chi connectivity index (χ1n) is 6.40. The van der Waals surface area contributed by atoms with Crippen molar-refractivity contribution in [3.05, 3.63) is 59.9 Å². The molecule has 2 aromatic heterocycles. The molecule has 0 aliphatic carbocycles. The van der Waals surface area contributed by atoms with E-state index in [0.717, 1.165) is 16.7 Å². The molecule has 3 rings (SSSR count). The molecule has 0 fully saturated rings. The smallest absolute Gasteiger partial charge is 0.308 e. The Kier molecular flexibility index (Phi) is 3.87. The first kappa shape index (κ1) is 13.6. The second kappa shape index (κ2) is 5.97. The number of rotatable bonds is 4. The van der Waals surface area contributed by atoms with Gasteiger partial charge in [0.2, 0.25) is 5.89 Å². The summed E-state index contributed by atoms with van der Waals surface area (Å²) in [4.78, 5) is 3.99. The van der Waals surface area contributed by atoms with Crippen LogP contribution in [-0.4, -0.2) is 19.4 Å². The van der Waals surface area contributed by atoms with Crippen LogP contribution < -0.4 is 0 Å². The molecular weight excluding hydrogens is 286 g/mol. The number of hydrogen-bond donors (Lipinski definition) is 0. The number of aromatic nitrogens is 3. The Morgan fingerprint density at radius 2 is 1.95 bits per heavy atom. The molecule has 3 aromatic rings. The van der Waals surface area contributed by atoms with Crippen LogP contribution in [0.4, 0.5) is 0 Å². The Balaban J connectivity index is 1.78. The molecule has 0 radical (unpaired) electrons. The molecule has 2 heterocycles. The molecule has 21 heavy (non-hydrogen) atoms. The Bertz CT molecular complexity index is 754. The fraction of sp³-hybridized carbons (Fsp3) is 0.133. The van der Waals surface area contributed by atoms with Gasteiger partial charge in [0, 0.05) is 18.0 Å². The lowest BCUT2D eigenvalue weighted by atomic mass is 10.1. The summed E-state index contributed by atoms with van der Waals surface area (Å²) in [6.07, 6.45) is 3.35. The van der Waals surface area contributed by atoms with Crippen molar-refractivity contribution >= 4 is 10.8 Å². The monoisotopic (exact) mass is 299 g/mol. The van der Waals surface area contributed by atoms with E-state index in [1.54, 1.807) is 18.5 Å². The molecule has 1 unspecified atom stereocenters. The first-order chi connectivity index (χ1) is 10.2. The summed E-state index contributed by atoms with van der Waals surface area (Å²) < 4.78 is 17.7. The van der Waals surface area contributed by atoms with Gasteiger partial charge in [-0.3, -0.25) is 4.98 Å². The quantitative estimate of drug-likeness (QED) is 0.741. The zero-order valence-electron chi connectivity index (χ0n) is 11.4. The van der Waals surface area contributed by atoms with E-state index >= 15 is 0 Å². The molecule has 0 saturated carbocycles. The minimum atomic E-state index is -1.37. The lowest BCUT2D eigenvalue weighted by molar-refractivity contribution is 0.455. The molecule has 1 atom stereocenters. The highest BCUT2D eigenvalue weighted by molar-refractivity contribution is 7.84. The number of pyridine rings is 1. The third-order valence-corrected chi connectivity index (χ3v) is 4.07. The van der Waals surface area contributed by atoms with Crippen LogP contribution in [0.15, 0.2) is 58.4 Å². The fourth-order valence-electron chi connectivity index (χ4n) is 1.81. The normalized spacial score (nSPS) is 12.2. The molecule has 0 aliphatic rings. The summed E-state index contributed by atoms with van der Waals surface area (Å²) in [7, 11) is -1.37. The van der Waals surface area contributed by atoms with Crippen molar-refractivity contribution in [3.63, 3.8) is 0 Å². The van der Waals surface area contributed by atoms with E-state index < -0.39 is 10.8 Å². The molecule has 0 aliphatic heterocycles. The van der Waals surface area contributed by atoms with Gasteiger partial charge < -0.3 is 4.42 Å². The van der Waals surface area contributed by atoms with Gasteiger partial charge in [0.05, 0.1) is 5.75 Å². The average molecular weight is 299 g/mol. The largest absolute Gasteiger partial charge is 0.410 e. The third-order valence-electron chi connectivity index (χ3n) is 2.92. The van der Waals surface area contributed by atoms with Crippen molar-refractivity contribution in [2.75, 3.05) is 0 Å². The molecule has 0 spiro atoms. The summed E-state index contributed by atoms with van der Waals surface area (Å²) >= 11 is 0. The van der Waals surface area contributed by atoms with Gasteiger partial charge >= 0.3 is 5.22 Å². The second-order valence-corrected chi connectivity index (χ2v) is 5.92. The minimum absolute atomic E-state index is 0.134. The maximum absolute atomic E-state index is 12.2. The number of aryl methyl sites for hydroxylation is 1. The molecule has 0 bridgehead atoms. The summed E-state index contributed by atoms with van der Waals surface area (Å²) in [6.45, 7) is 2.01. The van der Waals surface area contributed by atoms with Gasteiger partial charge in [0.25, 0.3) is 0 Å². The van der Waals surface area contributed by atoms with Gasteiger partial charge in [-0.25, -0.2) is 4.21 Å². The zero-order chi connectivity index (χ0) is 14.7. The van der Waals surface area contributed by atoms with Gasteiger partial charge in [-0.1, -0.05) is 28.9 Å². The van der Waals surface area contributed by atoms with Crippen molar-refractivity contribution in [2.45, 2.75) is 17.9 Å². The van der Waals surface area contributed by atoms with Gasteiger partial charge in [0.1, 0.15) is 10.8 Å². The lowest BCUT2D eigenvalue weighted by Gasteiger charge is -1.97. The maximum Gasteiger partial charge on any atom is 0.308 e. The number of benzene rings is 1. The van der Waals surface area contributed by atoms with Crippen LogP contribution >= 0.6 is 0 Å². The summed E-state index contributed by atoms with van der Waals surface area (Å²) in [5.74, 6) is 0.688. The van der Waals surface area contributed by atoms with E-state index in [1.165, 1.54) is 0 Å². The zero-order valence-corrected chi connectivity index (χ0v) is 12.2. The number of hydrogen-bond acceptors (Lipinski definition) is 5. The Hall–Kier alpha value is -2.34. The molecule has 6 heteroatoms. The topological polar surface area (TPSA) is 68.9 Å². The molecule has 0 saturated heterocycles. The van der Waals surface area contributed by atoms with E-state index in [0.29, 0.717) is 11.6 Å². The van der Waals surface area contributed by atoms with Crippen molar-refractivity contribution in [1.82, 2.24) is 15.2 Å². The lowest BCUT2D eigenvalue weighted by Crippen LogP contribution is -1.97. The summed E-state index contributed by atoms with van der Waals surface area (Å²) in [5, 5.41) is 7.96. The summed E-state index contributed by atoms with van der Waals surface area (Å²) in [5.41, 5.74) is 2.84. The minimum Gasteiger partial charge on any atom is -0.410 e. The fourth-order valence-corrected chi connectivity index (χ4v) is 2.71. The van der Waals surface area contributed by atoms with Gasteiger partial charge in [-0.15, -0.1) is 5.10 Å². The van der Waals surface area contributed by atoms with Gasteiger partial charge in [-0.2, -0.15) is 0 Å². The van der Waals surface area contributed by atoms with Gasteiger partial charge in [0.15, 0.2) is 0 Å². The average Bonchev–Trinajstić information content (AvgIpc) is 2.99. The Labute approximate surface area is 124 Å². The molecule has 1 aromatic carbocycles. The SMILES string of the molecule is Cc1ccc(-c2nnc(S(=O)Cc3cccnc3)o2)cc1. The Morgan fingerprint density at radius 1 is 1.14 bits per heavy atom. The predicted octanol–water partition coefficient (Wildman–Crippen LogP) is 2.75. The van der Waals surface area contributed by atoms with Crippen molar-refractivity contribution in [1.29, 1.82) is 0 Å². The van der Waals surface area contributed by atoms with Crippen LogP contribution in [-0.2, 0) is 16.6 Å². The maximum atomic E-state index is 12.2. The van der Waals surface area contributed by atoms with Crippen LogP contribution in [0.25, 0.3) is 11.5 Å². The van der Waals surface area contributed by atoms with Crippen molar-refractivity contribution in [2.24, 2.45) is 0 Å². The standard InChI is InChI=1S/C15H13N3O2S/c1-11-4-6-13(7-5-11)14-17-18-15(20-14)21(19)10-12-3-2-8-16-9-12/h2-9H,10H2,1H3. The predicted molar refractivity (Wildman–Crippen MR) is 78.8 cm³/mol. The van der Waals surface area contributed by atoms with Crippen molar-refractivity contribution < 1.29 is 8.63 Å². The third kappa shape index (κ3) is 3.22.